The van der Waals surface area contributed by atoms with E-state index in [0.29, 0.717) is 17.9 Å². The summed E-state index contributed by atoms with van der Waals surface area (Å²) in [7, 11) is 0. The smallest absolute Gasteiger partial charge is 0.254 e. The van der Waals surface area contributed by atoms with E-state index < -0.39 is 5.60 Å². The lowest BCUT2D eigenvalue weighted by atomic mass is 9.78. The van der Waals surface area contributed by atoms with Crippen molar-refractivity contribution in [3.8, 4) is 0 Å². The van der Waals surface area contributed by atoms with Crippen molar-refractivity contribution >= 4 is 5.91 Å². The van der Waals surface area contributed by atoms with Crippen LogP contribution in [0, 0.1) is 12.8 Å². The Bertz CT molecular complexity index is 430. The monoisotopic (exact) mass is 265 g/mol. The van der Waals surface area contributed by atoms with Crippen LogP contribution in [0.3, 0.4) is 0 Å². The highest BCUT2D eigenvalue weighted by Crippen LogP contribution is 2.32. The van der Waals surface area contributed by atoms with E-state index in [4.69, 9.17) is 4.42 Å². The standard InChI is InChI=1S/C15H23NO3/c1-11-13(8-9-19-11)14(17)16-10-15(2,18)12-6-4-3-5-7-12/h8-9,12,18H,3-7,10H2,1-2H3,(H,16,17). The average molecular weight is 265 g/mol. The van der Waals surface area contributed by atoms with Crippen molar-refractivity contribution in [1.29, 1.82) is 0 Å². The van der Waals surface area contributed by atoms with Gasteiger partial charge < -0.3 is 14.8 Å². The molecule has 19 heavy (non-hydrogen) atoms. The van der Waals surface area contributed by atoms with Gasteiger partial charge in [-0.15, -0.1) is 0 Å². The quantitative estimate of drug-likeness (QED) is 0.879. The first-order valence-corrected chi connectivity index (χ1v) is 7.05. The van der Waals surface area contributed by atoms with Crippen molar-refractivity contribution in [2.24, 2.45) is 5.92 Å². The van der Waals surface area contributed by atoms with Crippen LogP contribution in [-0.4, -0.2) is 23.2 Å². The van der Waals surface area contributed by atoms with Crippen LogP contribution in [0.2, 0.25) is 0 Å². The lowest BCUT2D eigenvalue weighted by Gasteiger charge is -2.35. The third kappa shape index (κ3) is 3.38. The van der Waals surface area contributed by atoms with Gasteiger partial charge in [-0.25, -0.2) is 0 Å². The average Bonchev–Trinajstić information content (AvgIpc) is 2.83. The fourth-order valence-corrected chi connectivity index (χ4v) is 2.84. The molecule has 1 fully saturated rings. The lowest BCUT2D eigenvalue weighted by molar-refractivity contribution is -0.0143. The summed E-state index contributed by atoms with van der Waals surface area (Å²) in [5, 5.41) is 13.3. The SMILES string of the molecule is Cc1occc1C(=O)NCC(C)(O)C1CCCCC1. The van der Waals surface area contributed by atoms with Crippen molar-refractivity contribution in [3.63, 3.8) is 0 Å². The van der Waals surface area contributed by atoms with Gasteiger partial charge in [-0.05, 0) is 38.7 Å². The highest BCUT2D eigenvalue weighted by Gasteiger charge is 2.33. The van der Waals surface area contributed by atoms with Gasteiger partial charge in [0.05, 0.1) is 17.4 Å². The van der Waals surface area contributed by atoms with Gasteiger partial charge in [0.2, 0.25) is 0 Å². The third-order valence-corrected chi connectivity index (χ3v) is 4.19. The van der Waals surface area contributed by atoms with Gasteiger partial charge in [0, 0.05) is 6.54 Å². The largest absolute Gasteiger partial charge is 0.469 e. The molecule has 0 aromatic carbocycles. The van der Waals surface area contributed by atoms with Gasteiger partial charge in [-0.1, -0.05) is 19.3 Å². The number of carbonyl (C=O) groups excluding carboxylic acids is 1. The van der Waals surface area contributed by atoms with Crippen LogP contribution in [0.5, 0.6) is 0 Å². The molecule has 1 unspecified atom stereocenters. The van der Waals surface area contributed by atoms with E-state index in [1.807, 2.05) is 6.92 Å². The minimum absolute atomic E-state index is 0.178. The molecule has 1 saturated carbocycles. The van der Waals surface area contributed by atoms with Crippen LogP contribution in [0.25, 0.3) is 0 Å². The molecule has 2 N–H and O–H groups in total. The summed E-state index contributed by atoms with van der Waals surface area (Å²) in [6.45, 7) is 3.88. The van der Waals surface area contributed by atoms with Gasteiger partial charge in [0.1, 0.15) is 5.76 Å². The van der Waals surface area contributed by atoms with Crippen molar-refractivity contribution in [2.45, 2.75) is 51.6 Å². The van der Waals surface area contributed by atoms with Crippen molar-refractivity contribution in [3.05, 3.63) is 23.7 Å². The molecule has 1 aromatic heterocycles. The molecule has 2 rings (SSSR count). The number of hydrogen-bond acceptors (Lipinski definition) is 3. The van der Waals surface area contributed by atoms with Gasteiger partial charge in [-0.3, -0.25) is 4.79 Å². The summed E-state index contributed by atoms with van der Waals surface area (Å²) in [6.07, 6.45) is 7.21. The van der Waals surface area contributed by atoms with E-state index >= 15 is 0 Å². The molecule has 1 heterocycles. The van der Waals surface area contributed by atoms with Crippen LogP contribution in [-0.2, 0) is 0 Å². The maximum absolute atomic E-state index is 12.0. The number of aryl methyl sites for hydroxylation is 1. The minimum atomic E-state index is -0.826. The molecule has 0 radical (unpaired) electrons. The van der Waals surface area contributed by atoms with Gasteiger partial charge in [0.25, 0.3) is 5.91 Å². The zero-order valence-electron chi connectivity index (χ0n) is 11.7. The fourth-order valence-electron chi connectivity index (χ4n) is 2.84. The Balaban J connectivity index is 1.90. The van der Waals surface area contributed by atoms with Gasteiger partial charge >= 0.3 is 0 Å². The van der Waals surface area contributed by atoms with Crippen LogP contribution < -0.4 is 5.32 Å². The summed E-state index contributed by atoms with van der Waals surface area (Å²) in [5.41, 5.74) is -0.285. The molecular weight excluding hydrogens is 242 g/mol. The number of aliphatic hydroxyl groups is 1. The summed E-state index contributed by atoms with van der Waals surface area (Å²) < 4.78 is 5.11. The Hall–Kier alpha value is -1.29. The molecule has 0 saturated heterocycles. The number of amides is 1. The van der Waals surface area contributed by atoms with Crippen LogP contribution in [0.4, 0.5) is 0 Å². The van der Waals surface area contributed by atoms with Crippen LogP contribution in [0.1, 0.15) is 55.1 Å². The molecule has 1 aliphatic rings. The van der Waals surface area contributed by atoms with Crippen molar-refractivity contribution in [2.75, 3.05) is 6.54 Å². The Morgan fingerprint density at radius 3 is 2.74 bits per heavy atom. The molecule has 1 amide bonds. The molecule has 4 heteroatoms. The number of furan rings is 1. The number of hydrogen-bond donors (Lipinski definition) is 2. The second-order valence-corrected chi connectivity index (χ2v) is 5.77. The molecule has 106 valence electrons. The summed E-state index contributed by atoms with van der Waals surface area (Å²) >= 11 is 0. The first-order chi connectivity index (χ1) is 9.00. The van der Waals surface area contributed by atoms with E-state index in [1.54, 1.807) is 13.0 Å². The highest BCUT2D eigenvalue weighted by atomic mass is 16.3. The highest BCUT2D eigenvalue weighted by molar-refractivity contribution is 5.95. The van der Waals surface area contributed by atoms with E-state index in [1.165, 1.54) is 25.5 Å². The molecular formula is C15H23NO3. The molecule has 1 atom stereocenters. The maximum Gasteiger partial charge on any atom is 0.254 e. The van der Waals surface area contributed by atoms with E-state index in [-0.39, 0.29) is 11.8 Å². The zero-order chi connectivity index (χ0) is 13.9. The Kier molecular flexibility index (Phi) is 4.30. The van der Waals surface area contributed by atoms with Crippen molar-refractivity contribution in [1.82, 2.24) is 5.32 Å². The van der Waals surface area contributed by atoms with Crippen molar-refractivity contribution < 1.29 is 14.3 Å². The number of carbonyl (C=O) groups is 1. The van der Waals surface area contributed by atoms with E-state index in [9.17, 15) is 9.90 Å². The Morgan fingerprint density at radius 1 is 1.47 bits per heavy atom. The molecule has 1 aromatic rings. The summed E-state index contributed by atoms with van der Waals surface area (Å²) in [6, 6.07) is 1.65. The molecule has 0 spiro atoms. The number of nitrogens with one attached hydrogen (secondary N) is 1. The second kappa shape index (κ2) is 5.78. The summed E-state index contributed by atoms with van der Waals surface area (Å²) in [4.78, 5) is 12.0. The minimum Gasteiger partial charge on any atom is -0.469 e. The van der Waals surface area contributed by atoms with Crippen LogP contribution in [0.15, 0.2) is 16.7 Å². The third-order valence-electron chi connectivity index (χ3n) is 4.19. The molecule has 0 bridgehead atoms. The first kappa shape index (κ1) is 14.1. The molecule has 1 aliphatic carbocycles. The van der Waals surface area contributed by atoms with Gasteiger partial charge in [0.15, 0.2) is 0 Å². The molecule has 0 aliphatic heterocycles. The predicted octanol–water partition coefficient (Wildman–Crippen LogP) is 2.65. The van der Waals surface area contributed by atoms with Gasteiger partial charge in [-0.2, -0.15) is 0 Å². The van der Waals surface area contributed by atoms with E-state index in [0.717, 1.165) is 12.8 Å². The summed E-state index contributed by atoms with van der Waals surface area (Å²) in [5.74, 6) is 0.712. The normalized spacial score (nSPS) is 19.9. The predicted molar refractivity (Wildman–Crippen MR) is 73.0 cm³/mol. The topological polar surface area (TPSA) is 62.5 Å². The first-order valence-electron chi connectivity index (χ1n) is 7.05. The fraction of sp³-hybridized carbons (Fsp3) is 0.667. The zero-order valence-corrected chi connectivity index (χ0v) is 11.7. The Morgan fingerprint density at radius 2 is 2.16 bits per heavy atom. The lowest BCUT2D eigenvalue weighted by Crippen LogP contribution is -2.46. The maximum atomic E-state index is 12.0. The van der Waals surface area contributed by atoms with Crippen LogP contribution >= 0.6 is 0 Å². The Labute approximate surface area is 114 Å². The number of rotatable bonds is 4. The second-order valence-electron chi connectivity index (χ2n) is 5.77. The molecule has 4 nitrogen and oxygen atoms in total. The van der Waals surface area contributed by atoms with E-state index in [2.05, 4.69) is 5.32 Å².